The molecular formula is C17H23NO4. The number of carbonyl (C=O) groups is 2. The monoisotopic (exact) mass is 305 g/mol. The van der Waals surface area contributed by atoms with Crippen molar-refractivity contribution in [1.82, 2.24) is 0 Å². The summed E-state index contributed by atoms with van der Waals surface area (Å²) < 4.78 is 5.22. The number of hydrogen-bond acceptors (Lipinski definition) is 4. The van der Waals surface area contributed by atoms with Gasteiger partial charge in [-0.05, 0) is 43.4 Å². The van der Waals surface area contributed by atoms with E-state index < -0.39 is 12.0 Å². The zero-order chi connectivity index (χ0) is 16.4. The third-order valence-electron chi connectivity index (χ3n) is 3.08. The number of unbranched alkanes of at least 4 members (excludes halogenated alkanes) is 1. The van der Waals surface area contributed by atoms with Crippen molar-refractivity contribution in [1.29, 1.82) is 0 Å². The van der Waals surface area contributed by atoms with Crippen molar-refractivity contribution < 1.29 is 19.4 Å². The first-order valence-electron chi connectivity index (χ1n) is 7.46. The number of hydrogen-bond donors (Lipinski definition) is 2. The maximum Gasteiger partial charge on any atom is 0.320 e. The van der Waals surface area contributed by atoms with E-state index in [1.807, 2.05) is 0 Å². The zero-order valence-electron chi connectivity index (χ0n) is 12.8. The number of benzene rings is 1. The fourth-order valence-electron chi connectivity index (χ4n) is 1.87. The normalized spacial score (nSPS) is 12.3. The van der Waals surface area contributed by atoms with Gasteiger partial charge in [0, 0.05) is 6.42 Å². The van der Waals surface area contributed by atoms with E-state index in [0.717, 1.165) is 24.8 Å². The fourth-order valence-corrected chi connectivity index (χ4v) is 1.87. The van der Waals surface area contributed by atoms with Crippen molar-refractivity contribution in [2.75, 3.05) is 0 Å². The molecule has 0 fully saturated rings. The first kappa shape index (κ1) is 17.9. The molecule has 0 amide bonds. The highest BCUT2D eigenvalue weighted by molar-refractivity contribution is 5.73. The van der Waals surface area contributed by atoms with Gasteiger partial charge in [0.25, 0.3) is 0 Å². The summed E-state index contributed by atoms with van der Waals surface area (Å²) in [5, 5.41) is 8.75. The molecule has 0 saturated carbocycles. The molecule has 22 heavy (non-hydrogen) atoms. The van der Waals surface area contributed by atoms with E-state index in [4.69, 9.17) is 15.6 Å². The summed E-state index contributed by atoms with van der Waals surface area (Å²) in [5.41, 5.74) is 6.26. The van der Waals surface area contributed by atoms with Crippen molar-refractivity contribution in [2.24, 2.45) is 5.73 Å². The van der Waals surface area contributed by atoms with Gasteiger partial charge in [0.15, 0.2) is 0 Å². The van der Waals surface area contributed by atoms with Crippen LogP contribution in [0.2, 0.25) is 0 Å². The Kier molecular flexibility index (Phi) is 7.92. The molecule has 1 aromatic rings. The lowest BCUT2D eigenvalue weighted by molar-refractivity contribution is -0.138. The second-order valence-electron chi connectivity index (χ2n) is 5.04. The highest BCUT2D eigenvalue weighted by Gasteiger charge is 2.12. The van der Waals surface area contributed by atoms with Crippen molar-refractivity contribution >= 4 is 11.9 Å². The predicted molar refractivity (Wildman–Crippen MR) is 84.7 cm³/mol. The van der Waals surface area contributed by atoms with Gasteiger partial charge < -0.3 is 15.6 Å². The van der Waals surface area contributed by atoms with Gasteiger partial charge in [-0.2, -0.15) is 0 Å². The van der Waals surface area contributed by atoms with E-state index in [1.165, 1.54) is 0 Å². The largest absolute Gasteiger partial charge is 0.480 e. The van der Waals surface area contributed by atoms with Crippen LogP contribution in [0.1, 0.15) is 38.2 Å². The third kappa shape index (κ3) is 7.04. The summed E-state index contributed by atoms with van der Waals surface area (Å²) in [6, 6.07) is 5.81. The summed E-state index contributed by atoms with van der Waals surface area (Å²) in [5.74, 6) is -0.839. The van der Waals surface area contributed by atoms with E-state index >= 15 is 0 Å². The summed E-state index contributed by atoms with van der Waals surface area (Å²) >= 11 is 0. The standard InChI is InChI=1S/C17H23NO4/c1-2-3-4-5-6-7-16(19)22-14-10-8-13(9-11-14)12-15(18)17(20)21/h3-4,8-11,15H,2,5-7,12,18H2,1H3,(H,20,21)/b4-3-/t15-/m0/s1. The van der Waals surface area contributed by atoms with Gasteiger partial charge in [0.1, 0.15) is 11.8 Å². The van der Waals surface area contributed by atoms with Crippen molar-refractivity contribution in [3.8, 4) is 5.75 Å². The molecule has 0 aliphatic rings. The molecule has 3 N–H and O–H groups in total. The molecule has 5 heteroatoms. The number of aliphatic carboxylic acids is 1. The SMILES string of the molecule is CC/C=C\CCCC(=O)Oc1ccc(C[C@H](N)C(=O)O)cc1. The number of allylic oxidation sites excluding steroid dienone is 2. The Bertz CT molecular complexity index is 508. The minimum absolute atomic E-state index is 0.243. The number of rotatable bonds is 9. The molecule has 0 unspecified atom stereocenters. The first-order valence-corrected chi connectivity index (χ1v) is 7.46. The average molecular weight is 305 g/mol. The van der Waals surface area contributed by atoms with Gasteiger partial charge in [0.05, 0.1) is 0 Å². The topological polar surface area (TPSA) is 89.6 Å². The number of carbonyl (C=O) groups excluding carboxylic acids is 1. The molecule has 1 aromatic carbocycles. The molecular weight excluding hydrogens is 282 g/mol. The summed E-state index contributed by atoms with van der Waals surface area (Å²) in [7, 11) is 0. The predicted octanol–water partition coefficient (Wildman–Crippen LogP) is 2.68. The average Bonchev–Trinajstić information content (AvgIpc) is 2.49. The number of ether oxygens (including phenoxy) is 1. The van der Waals surface area contributed by atoms with Crippen LogP contribution in [0.25, 0.3) is 0 Å². The Labute approximate surface area is 130 Å². The fraction of sp³-hybridized carbons (Fsp3) is 0.412. The lowest BCUT2D eigenvalue weighted by atomic mass is 10.1. The minimum Gasteiger partial charge on any atom is -0.480 e. The number of carboxylic acids is 1. The summed E-state index contributed by atoms with van der Waals surface area (Å²) in [4.78, 5) is 22.3. The minimum atomic E-state index is -1.03. The van der Waals surface area contributed by atoms with Crippen LogP contribution in [0.15, 0.2) is 36.4 Å². The second-order valence-corrected chi connectivity index (χ2v) is 5.04. The van der Waals surface area contributed by atoms with Crippen LogP contribution in [-0.2, 0) is 16.0 Å². The Balaban J connectivity index is 2.38. The van der Waals surface area contributed by atoms with E-state index in [0.29, 0.717) is 12.2 Å². The van der Waals surface area contributed by atoms with E-state index in [2.05, 4.69) is 19.1 Å². The van der Waals surface area contributed by atoms with Crippen molar-refractivity contribution in [3.05, 3.63) is 42.0 Å². The summed E-state index contributed by atoms with van der Waals surface area (Å²) in [6.07, 6.45) is 7.39. The Morgan fingerprint density at radius 3 is 2.55 bits per heavy atom. The van der Waals surface area contributed by atoms with Crippen LogP contribution in [0, 0.1) is 0 Å². The quantitative estimate of drug-likeness (QED) is 0.317. The molecule has 0 heterocycles. The second kappa shape index (κ2) is 9.73. The number of nitrogens with two attached hydrogens (primary N) is 1. The Morgan fingerprint density at radius 1 is 1.27 bits per heavy atom. The summed E-state index contributed by atoms with van der Waals surface area (Å²) in [6.45, 7) is 2.07. The molecule has 0 saturated heterocycles. The van der Waals surface area contributed by atoms with Crippen LogP contribution in [-0.4, -0.2) is 23.1 Å². The molecule has 5 nitrogen and oxygen atoms in total. The highest BCUT2D eigenvalue weighted by Crippen LogP contribution is 2.14. The molecule has 120 valence electrons. The first-order chi connectivity index (χ1) is 10.5. The molecule has 0 aliphatic carbocycles. The maximum atomic E-state index is 11.7. The lowest BCUT2D eigenvalue weighted by Crippen LogP contribution is -2.32. The molecule has 0 bridgehead atoms. The zero-order valence-corrected chi connectivity index (χ0v) is 12.8. The molecule has 1 atom stereocenters. The van der Waals surface area contributed by atoms with Gasteiger partial charge >= 0.3 is 11.9 Å². The van der Waals surface area contributed by atoms with Gasteiger partial charge in [0.2, 0.25) is 0 Å². The maximum absolute atomic E-state index is 11.7. The Morgan fingerprint density at radius 2 is 1.95 bits per heavy atom. The van der Waals surface area contributed by atoms with Crippen LogP contribution in [0.3, 0.4) is 0 Å². The number of carboxylic acid groups (broad SMARTS) is 1. The molecule has 1 rings (SSSR count). The Hall–Kier alpha value is -2.14. The smallest absolute Gasteiger partial charge is 0.320 e. The van der Waals surface area contributed by atoms with Crippen LogP contribution >= 0.6 is 0 Å². The van der Waals surface area contributed by atoms with Crippen molar-refractivity contribution in [3.63, 3.8) is 0 Å². The third-order valence-corrected chi connectivity index (χ3v) is 3.08. The molecule has 0 radical (unpaired) electrons. The molecule has 0 aromatic heterocycles. The van der Waals surface area contributed by atoms with Gasteiger partial charge in [-0.1, -0.05) is 31.2 Å². The highest BCUT2D eigenvalue weighted by atomic mass is 16.5. The van der Waals surface area contributed by atoms with Crippen LogP contribution in [0.4, 0.5) is 0 Å². The van der Waals surface area contributed by atoms with Gasteiger partial charge in [-0.15, -0.1) is 0 Å². The van der Waals surface area contributed by atoms with Crippen LogP contribution in [0.5, 0.6) is 5.75 Å². The van der Waals surface area contributed by atoms with E-state index in [1.54, 1.807) is 24.3 Å². The molecule has 0 spiro atoms. The van der Waals surface area contributed by atoms with Gasteiger partial charge in [-0.25, -0.2) is 0 Å². The van der Waals surface area contributed by atoms with E-state index in [-0.39, 0.29) is 12.4 Å². The van der Waals surface area contributed by atoms with Gasteiger partial charge in [-0.3, -0.25) is 9.59 Å². The molecule has 0 aliphatic heterocycles. The number of esters is 1. The lowest BCUT2D eigenvalue weighted by Gasteiger charge is -2.08. The van der Waals surface area contributed by atoms with Crippen LogP contribution < -0.4 is 10.5 Å². The van der Waals surface area contributed by atoms with Crippen molar-refractivity contribution in [2.45, 2.75) is 45.1 Å². The van der Waals surface area contributed by atoms with E-state index in [9.17, 15) is 9.59 Å².